The zero-order chi connectivity index (χ0) is 20.6. The van der Waals surface area contributed by atoms with Gasteiger partial charge in [0, 0.05) is 55.4 Å². The highest BCUT2D eigenvalue weighted by atomic mass is 16.6. The van der Waals surface area contributed by atoms with Gasteiger partial charge < -0.3 is 19.5 Å². The second-order valence-electron chi connectivity index (χ2n) is 8.33. The minimum Gasteiger partial charge on any atom is -0.444 e. The number of aromatic nitrogens is 4. The normalized spacial score (nSPS) is 17.6. The van der Waals surface area contributed by atoms with Crippen LogP contribution in [0.5, 0.6) is 0 Å². The standard InChI is InChI=1S/C21H26N6O2/c1-14-12-26(20(28)29-21(2,3)4)8-9-27(14)19-17-16(15-6-5-7-22-10-15)11-23-18(17)24-13-25-19/h5-7,10-11,13-14H,8-9,12H2,1-4H3,(H,23,24,25). The second-order valence-corrected chi connectivity index (χ2v) is 8.33. The Morgan fingerprint density at radius 3 is 2.79 bits per heavy atom. The van der Waals surface area contributed by atoms with Crippen molar-refractivity contribution >= 4 is 22.9 Å². The Morgan fingerprint density at radius 2 is 2.10 bits per heavy atom. The van der Waals surface area contributed by atoms with Crippen LogP contribution in [0.3, 0.4) is 0 Å². The molecule has 0 radical (unpaired) electrons. The van der Waals surface area contributed by atoms with Gasteiger partial charge in [-0.15, -0.1) is 0 Å². The summed E-state index contributed by atoms with van der Waals surface area (Å²) in [4.78, 5) is 32.9. The molecule has 0 aromatic carbocycles. The number of aromatic amines is 1. The van der Waals surface area contributed by atoms with Gasteiger partial charge in [0.05, 0.1) is 5.39 Å². The maximum absolute atomic E-state index is 12.5. The molecule has 1 atom stereocenters. The average molecular weight is 394 g/mol. The predicted octanol–water partition coefficient (Wildman–Crippen LogP) is 3.47. The Bertz CT molecular complexity index is 1010. The summed E-state index contributed by atoms with van der Waals surface area (Å²) in [6.45, 7) is 9.58. The molecule has 1 amide bonds. The van der Waals surface area contributed by atoms with Crippen molar-refractivity contribution in [2.24, 2.45) is 0 Å². The third kappa shape index (κ3) is 3.87. The Morgan fingerprint density at radius 1 is 1.28 bits per heavy atom. The van der Waals surface area contributed by atoms with Crippen LogP contribution < -0.4 is 4.90 Å². The van der Waals surface area contributed by atoms with Crippen LogP contribution in [0.1, 0.15) is 27.7 Å². The number of ether oxygens (including phenoxy) is 1. The third-order valence-corrected chi connectivity index (χ3v) is 4.97. The van der Waals surface area contributed by atoms with E-state index in [2.05, 4.69) is 31.8 Å². The maximum Gasteiger partial charge on any atom is 0.410 e. The van der Waals surface area contributed by atoms with Crippen LogP contribution in [0.2, 0.25) is 0 Å². The van der Waals surface area contributed by atoms with Gasteiger partial charge in [0.25, 0.3) is 0 Å². The molecule has 29 heavy (non-hydrogen) atoms. The highest BCUT2D eigenvalue weighted by Gasteiger charge is 2.31. The molecule has 1 fully saturated rings. The number of fused-ring (bicyclic) bond motifs is 1. The molecular formula is C21H26N6O2. The van der Waals surface area contributed by atoms with Crippen molar-refractivity contribution in [3.8, 4) is 11.1 Å². The van der Waals surface area contributed by atoms with E-state index in [1.807, 2.05) is 45.3 Å². The van der Waals surface area contributed by atoms with Crippen LogP contribution >= 0.6 is 0 Å². The SMILES string of the molecule is CC1CN(C(=O)OC(C)(C)C)CCN1c1ncnc2[nH]cc(-c3cccnc3)c12. The van der Waals surface area contributed by atoms with Crippen LogP contribution in [-0.2, 0) is 4.74 Å². The van der Waals surface area contributed by atoms with Crippen LogP contribution in [0, 0.1) is 0 Å². The number of anilines is 1. The monoisotopic (exact) mass is 394 g/mol. The minimum absolute atomic E-state index is 0.0889. The molecule has 8 nitrogen and oxygen atoms in total. The zero-order valence-corrected chi connectivity index (χ0v) is 17.2. The number of nitrogens with one attached hydrogen (secondary N) is 1. The topological polar surface area (TPSA) is 87.2 Å². The van der Waals surface area contributed by atoms with E-state index in [1.54, 1.807) is 17.4 Å². The molecule has 3 aromatic rings. The van der Waals surface area contributed by atoms with Gasteiger partial charge in [-0.25, -0.2) is 14.8 Å². The van der Waals surface area contributed by atoms with Crippen molar-refractivity contribution < 1.29 is 9.53 Å². The minimum atomic E-state index is -0.500. The number of H-pyrrole nitrogens is 1. The molecule has 4 rings (SSSR count). The van der Waals surface area contributed by atoms with E-state index in [4.69, 9.17) is 4.74 Å². The van der Waals surface area contributed by atoms with E-state index in [9.17, 15) is 4.79 Å². The number of rotatable bonds is 2. The highest BCUT2D eigenvalue weighted by Crippen LogP contribution is 2.34. The van der Waals surface area contributed by atoms with Gasteiger partial charge in [-0.3, -0.25) is 4.98 Å². The molecule has 3 aromatic heterocycles. The molecule has 8 heteroatoms. The van der Waals surface area contributed by atoms with E-state index in [0.29, 0.717) is 19.6 Å². The Hall–Kier alpha value is -3.16. The number of amides is 1. The molecule has 1 N–H and O–H groups in total. The summed E-state index contributed by atoms with van der Waals surface area (Å²) in [5, 5.41) is 0.970. The van der Waals surface area contributed by atoms with Crippen molar-refractivity contribution in [3.05, 3.63) is 37.1 Å². The quantitative estimate of drug-likeness (QED) is 0.716. The molecule has 1 aliphatic heterocycles. The number of carbonyl (C=O) groups is 1. The number of hydrogen-bond acceptors (Lipinski definition) is 6. The van der Waals surface area contributed by atoms with Gasteiger partial charge >= 0.3 is 6.09 Å². The van der Waals surface area contributed by atoms with Crippen molar-refractivity contribution in [3.63, 3.8) is 0 Å². The summed E-state index contributed by atoms with van der Waals surface area (Å²) in [5.74, 6) is 0.867. The van der Waals surface area contributed by atoms with Crippen molar-refractivity contribution in [2.45, 2.75) is 39.3 Å². The van der Waals surface area contributed by atoms with E-state index in [0.717, 1.165) is 28.0 Å². The predicted molar refractivity (Wildman–Crippen MR) is 112 cm³/mol. The van der Waals surface area contributed by atoms with Gasteiger partial charge in [0.2, 0.25) is 0 Å². The van der Waals surface area contributed by atoms with E-state index < -0.39 is 5.60 Å². The lowest BCUT2D eigenvalue weighted by molar-refractivity contribution is 0.0218. The zero-order valence-electron chi connectivity index (χ0n) is 17.2. The molecule has 0 saturated carbocycles. The Balaban J connectivity index is 1.63. The second kappa shape index (κ2) is 7.35. The summed E-state index contributed by atoms with van der Waals surface area (Å²) in [7, 11) is 0. The first-order chi connectivity index (χ1) is 13.8. The summed E-state index contributed by atoms with van der Waals surface area (Å²) < 4.78 is 5.53. The van der Waals surface area contributed by atoms with Crippen molar-refractivity contribution in [1.29, 1.82) is 0 Å². The average Bonchev–Trinajstić information content (AvgIpc) is 3.12. The molecule has 1 unspecified atom stereocenters. The van der Waals surface area contributed by atoms with Crippen molar-refractivity contribution in [2.75, 3.05) is 24.5 Å². The molecule has 1 aliphatic rings. The number of carbonyl (C=O) groups excluding carboxylic acids is 1. The van der Waals surface area contributed by atoms with Gasteiger partial charge in [0.1, 0.15) is 23.4 Å². The van der Waals surface area contributed by atoms with Gasteiger partial charge in [0.15, 0.2) is 0 Å². The fourth-order valence-corrected chi connectivity index (χ4v) is 3.68. The smallest absolute Gasteiger partial charge is 0.410 e. The highest BCUT2D eigenvalue weighted by molar-refractivity contribution is 6.01. The molecule has 152 valence electrons. The van der Waals surface area contributed by atoms with Crippen LogP contribution in [0.15, 0.2) is 37.1 Å². The van der Waals surface area contributed by atoms with Crippen LogP contribution in [0.4, 0.5) is 10.6 Å². The lowest BCUT2D eigenvalue weighted by atomic mass is 10.1. The molecule has 0 spiro atoms. The number of hydrogen-bond donors (Lipinski definition) is 1. The summed E-state index contributed by atoms with van der Waals surface area (Å²) >= 11 is 0. The molecule has 4 heterocycles. The number of pyridine rings is 1. The molecule has 1 saturated heterocycles. The fourth-order valence-electron chi connectivity index (χ4n) is 3.68. The first-order valence-electron chi connectivity index (χ1n) is 9.80. The summed E-state index contributed by atoms with van der Waals surface area (Å²) in [6, 6.07) is 4.03. The third-order valence-electron chi connectivity index (χ3n) is 4.97. The Kier molecular flexibility index (Phi) is 4.86. The van der Waals surface area contributed by atoms with E-state index in [-0.39, 0.29) is 12.1 Å². The van der Waals surface area contributed by atoms with Crippen molar-refractivity contribution in [1.82, 2.24) is 24.8 Å². The fraction of sp³-hybridized carbons (Fsp3) is 0.429. The lowest BCUT2D eigenvalue weighted by Gasteiger charge is -2.41. The first kappa shape index (κ1) is 19.2. The number of nitrogens with zero attached hydrogens (tertiary/aromatic N) is 5. The van der Waals surface area contributed by atoms with E-state index >= 15 is 0 Å². The molecular weight excluding hydrogens is 368 g/mol. The van der Waals surface area contributed by atoms with Gasteiger partial charge in [-0.1, -0.05) is 6.07 Å². The molecule has 0 aliphatic carbocycles. The van der Waals surface area contributed by atoms with E-state index in [1.165, 1.54) is 0 Å². The number of piperazine rings is 1. The summed E-state index contributed by atoms with van der Waals surface area (Å²) in [6.07, 6.45) is 6.85. The van der Waals surface area contributed by atoms with Gasteiger partial charge in [-0.05, 0) is 33.8 Å². The van der Waals surface area contributed by atoms with Gasteiger partial charge in [-0.2, -0.15) is 0 Å². The Labute approximate surface area is 169 Å². The van der Waals surface area contributed by atoms with Crippen LogP contribution in [0.25, 0.3) is 22.2 Å². The first-order valence-corrected chi connectivity index (χ1v) is 9.80. The largest absolute Gasteiger partial charge is 0.444 e. The lowest BCUT2D eigenvalue weighted by Crippen LogP contribution is -2.54. The molecule has 0 bridgehead atoms. The summed E-state index contributed by atoms with van der Waals surface area (Å²) in [5.41, 5.74) is 2.32. The van der Waals surface area contributed by atoms with Crippen LogP contribution in [-0.4, -0.2) is 62.2 Å². The maximum atomic E-state index is 12.5.